The van der Waals surface area contributed by atoms with Gasteiger partial charge < -0.3 is 24.8 Å². The van der Waals surface area contributed by atoms with Crippen molar-refractivity contribution >= 4 is 24.8 Å². The normalized spacial score (nSPS) is 10.9. The molecule has 272 valence electrons. The van der Waals surface area contributed by atoms with E-state index in [-0.39, 0.29) is 36.6 Å². The molecule has 3 heteroatoms. The van der Waals surface area contributed by atoms with Crippen molar-refractivity contribution in [1.29, 1.82) is 0 Å². The molecule has 0 N–H and O–H groups in total. The second-order valence-corrected chi connectivity index (χ2v) is 15.0. The maximum absolute atomic E-state index is 3.48. The van der Waals surface area contributed by atoms with Gasteiger partial charge in [-0.15, -0.1) is 40.6 Å². The Morgan fingerprint density at radius 2 is 0.893 bits per heavy atom. The third-order valence-corrected chi connectivity index (χ3v) is 11.7. The second kappa shape index (κ2) is 19.7. The van der Waals surface area contributed by atoms with Gasteiger partial charge in [-0.3, -0.25) is 0 Å². The fourth-order valence-corrected chi connectivity index (χ4v) is 9.54. The number of hydrogen-bond acceptors (Lipinski definition) is 0. The van der Waals surface area contributed by atoms with Crippen molar-refractivity contribution in [2.75, 3.05) is 0 Å². The molecule has 0 amide bonds. The average Bonchev–Trinajstić information content (AvgIpc) is 3.96. The second-order valence-electron chi connectivity index (χ2n) is 13.6. The molecular weight excluding hydrogens is 799 g/mol. The zero-order valence-corrected chi connectivity index (χ0v) is 34.9. The summed E-state index contributed by atoms with van der Waals surface area (Å²) in [6, 6.07) is 81.0. The monoisotopic (exact) mass is 836 g/mol. The molecule has 0 aliphatic heterocycles. The van der Waals surface area contributed by atoms with Crippen molar-refractivity contribution in [3.05, 3.63) is 258 Å². The van der Waals surface area contributed by atoms with Gasteiger partial charge in [-0.2, -0.15) is 18.2 Å². The van der Waals surface area contributed by atoms with Crippen LogP contribution in [0.1, 0.15) is 45.2 Å². The molecule has 1 aliphatic carbocycles. The Balaban J connectivity index is 0.000000167. The van der Waals surface area contributed by atoms with Crippen LogP contribution in [0.4, 0.5) is 0 Å². The predicted octanol–water partition coefficient (Wildman–Crippen LogP) is 7.15. The molecule has 0 fully saturated rings. The summed E-state index contributed by atoms with van der Waals surface area (Å²) in [5.74, 6) is 0.567. The Kier molecular flexibility index (Phi) is 14.3. The Labute approximate surface area is 358 Å². The molecule has 9 aromatic carbocycles. The van der Waals surface area contributed by atoms with Crippen LogP contribution in [-0.2, 0) is 30.7 Å². The van der Waals surface area contributed by atoms with Gasteiger partial charge in [-0.1, -0.05) is 53.9 Å². The summed E-state index contributed by atoms with van der Waals surface area (Å²) in [4.78, 5) is 0. The van der Waals surface area contributed by atoms with Gasteiger partial charge in [-0.25, -0.2) is 12.1 Å². The molecule has 0 radical (unpaired) electrons. The van der Waals surface area contributed by atoms with E-state index in [1.54, 1.807) is 0 Å². The summed E-state index contributed by atoms with van der Waals surface area (Å²) in [6.45, 7) is 0. The van der Waals surface area contributed by atoms with E-state index in [1.807, 2.05) is 36.4 Å². The average molecular weight is 839 g/mol. The van der Waals surface area contributed by atoms with E-state index >= 15 is 0 Å². The molecular formula is C53H40Cl2Zr-2. The van der Waals surface area contributed by atoms with Gasteiger partial charge in [0.2, 0.25) is 0 Å². The standard InChI is InChI=1S/C27H22.C21H13.C5H5.2ClH.Zr/c1-5-13-22(14-6-1)26(23-15-7-2-8-16-23)21-27(24-17-9-3-10-18-24)25-19-11-4-12-20-25;1-2-8-15-14(7-1)13-20-18-11-4-3-9-16(18)17-10-5-6-12-19(17)21(15)20;1-2-4-5-3-1;;;/h1-20,26-27H;1-10,12H,13H2;1-5H;2*1H;/q;2*-1;;;+2/p-2. The van der Waals surface area contributed by atoms with Crippen LogP contribution in [0.25, 0.3) is 32.7 Å². The van der Waals surface area contributed by atoms with Crippen LogP contribution >= 0.6 is 0 Å². The minimum atomic E-state index is 0. The maximum Gasteiger partial charge on any atom is -0.0240 e. The Morgan fingerprint density at radius 1 is 0.464 bits per heavy atom. The summed E-state index contributed by atoms with van der Waals surface area (Å²) < 4.78 is 1.53. The predicted molar refractivity (Wildman–Crippen MR) is 225 cm³/mol. The van der Waals surface area contributed by atoms with Crippen molar-refractivity contribution in [3.8, 4) is 11.1 Å². The molecule has 0 spiro atoms. The molecule has 0 heterocycles. The number of fused-ring (bicyclic) bond motifs is 8. The number of benzene rings is 8. The van der Waals surface area contributed by atoms with Crippen LogP contribution in [0.2, 0.25) is 0 Å². The Morgan fingerprint density at radius 3 is 1.38 bits per heavy atom. The summed E-state index contributed by atoms with van der Waals surface area (Å²) >= 11 is 1.47. The van der Waals surface area contributed by atoms with E-state index in [1.165, 1.54) is 93.5 Å². The van der Waals surface area contributed by atoms with Crippen LogP contribution in [0.15, 0.2) is 218 Å². The SMILES string of the molecule is [Cl-].[Cl-].[Zr+2]=[C](C(c1ccccc1)c1ccccc1)C(c1ccccc1)c1ccccc1.[c-]1cccc2c1c1c(c3ccccc32)-c2ccccc2C1.c1cc[cH-]c1. The molecule has 0 unspecified atom stereocenters. The first kappa shape index (κ1) is 40.6. The van der Waals surface area contributed by atoms with E-state index in [4.69, 9.17) is 0 Å². The first-order valence-corrected chi connectivity index (χ1v) is 19.9. The van der Waals surface area contributed by atoms with Crippen LogP contribution in [-0.4, -0.2) is 3.21 Å². The molecule has 10 rings (SSSR count). The molecule has 0 atom stereocenters. The van der Waals surface area contributed by atoms with Crippen LogP contribution in [0, 0.1) is 6.07 Å². The first-order valence-electron chi connectivity index (χ1n) is 18.6. The van der Waals surface area contributed by atoms with Crippen molar-refractivity contribution in [2.24, 2.45) is 0 Å². The number of rotatable bonds is 6. The number of hydrogen-bond donors (Lipinski definition) is 0. The van der Waals surface area contributed by atoms with Gasteiger partial charge in [0.15, 0.2) is 0 Å². The molecule has 0 nitrogen and oxygen atoms in total. The van der Waals surface area contributed by atoms with Crippen molar-refractivity contribution in [2.45, 2.75) is 18.3 Å². The summed E-state index contributed by atoms with van der Waals surface area (Å²) in [7, 11) is 0. The van der Waals surface area contributed by atoms with E-state index in [0.29, 0.717) is 0 Å². The number of halogens is 2. The van der Waals surface area contributed by atoms with Crippen molar-refractivity contribution in [3.63, 3.8) is 0 Å². The zero-order valence-electron chi connectivity index (χ0n) is 30.9. The molecule has 0 bridgehead atoms. The van der Waals surface area contributed by atoms with E-state index in [2.05, 4.69) is 188 Å². The Bertz CT molecular complexity index is 2400. The van der Waals surface area contributed by atoms with Gasteiger partial charge in [0, 0.05) is 0 Å². The minimum Gasteiger partial charge on any atom is -0.214 e. The third-order valence-electron chi connectivity index (χ3n) is 10.3. The van der Waals surface area contributed by atoms with Gasteiger partial charge in [0.1, 0.15) is 0 Å². The van der Waals surface area contributed by atoms with Gasteiger partial charge in [0.05, 0.1) is 0 Å². The topological polar surface area (TPSA) is 0 Å². The smallest absolute Gasteiger partial charge is 0.0240 e. The fraction of sp³-hybridized carbons (Fsp3) is 0.0566. The van der Waals surface area contributed by atoms with Crippen LogP contribution in [0.5, 0.6) is 0 Å². The fourth-order valence-electron chi connectivity index (χ4n) is 7.90. The van der Waals surface area contributed by atoms with Gasteiger partial charge >= 0.3 is 183 Å². The molecule has 0 saturated heterocycles. The zero-order chi connectivity index (χ0) is 36.5. The largest absolute Gasteiger partial charge is 0.214 e. The molecule has 56 heavy (non-hydrogen) atoms. The molecule has 1 aliphatic rings. The maximum atomic E-state index is 3.48. The van der Waals surface area contributed by atoms with E-state index in [0.717, 1.165) is 6.42 Å². The van der Waals surface area contributed by atoms with Gasteiger partial charge in [0.25, 0.3) is 0 Å². The third kappa shape index (κ3) is 8.83. The quantitative estimate of drug-likeness (QED) is 0.124. The molecule has 0 saturated carbocycles. The van der Waals surface area contributed by atoms with Crippen molar-refractivity contribution in [1.82, 2.24) is 0 Å². The van der Waals surface area contributed by atoms with Crippen LogP contribution in [0.3, 0.4) is 0 Å². The van der Waals surface area contributed by atoms with Gasteiger partial charge in [-0.05, 0) is 28.5 Å². The van der Waals surface area contributed by atoms with Crippen molar-refractivity contribution < 1.29 is 49.0 Å². The summed E-state index contributed by atoms with van der Waals surface area (Å²) in [6.07, 6.45) is 1.02. The minimum absolute atomic E-state index is 0. The van der Waals surface area contributed by atoms with E-state index < -0.39 is 0 Å². The van der Waals surface area contributed by atoms with Crippen LogP contribution < -0.4 is 24.8 Å². The first-order chi connectivity index (χ1) is 26.8. The summed E-state index contributed by atoms with van der Waals surface area (Å²) in [5.41, 5.74) is 11.1. The summed E-state index contributed by atoms with van der Waals surface area (Å²) in [5, 5.41) is 5.30. The Hall–Kier alpha value is -5.04. The van der Waals surface area contributed by atoms with E-state index in [9.17, 15) is 0 Å². The molecule has 9 aromatic rings. The molecule has 0 aromatic heterocycles.